The number of sulfonamides is 1. The Balaban J connectivity index is 2.15. The summed E-state index contributed by atoms with van der Waals surface area (Å²) in [5, 5.41) is 0. The largest absolute Gasteiger partial charge is 0.301 e. The van der Waals surface area contributed by atoms with Crippen LogP contribution >= 0.6 is 0 Å². The first-order valence-corrected chi connectivity index (χ1v) is 11.4. The molecule has 0 N–H and O–H groups in total. The van der Waals surface area contributed by atoms with E-state index in [9.17, 15) is 16.8 Å². The van der Waals surface area contributed by atoms with E-state index in [2.05, 4.69) is 18.7 Å². The van der Waals surface area contributed by atoms with E-state index in [4.69, 9.17) is 0 Å². The van der Waals surface area contributed by atoms with Crippen LogP contribution in [0.25, 0.3) is 0 Å². The molecule has 1 saturated heterocycles. The molecule has 1 aromatic rings. The fraction of sp³-hybridized carbons (Fsp3) is 0.625. The molecular formula is C16H26N2O4S2. The molecule has 1 heterocycles. The van der Waals surface area contributed by atoms with Crippen LogP contribution in [0.2, 0.25) is 0 Å². The van der Waals surface area contributed by atoms with Gasteiger partial charge >= 0.3 is 0 Å². The predicted molar refractivity (Wildman–Crippen MR) is 94.2 cm³/mol. The van der Waals surface area contributed by atoms with Gasteiger partial charge in [-0.05, 0) is 64.0 Å². The van der Waals surface area contributed by atoms with Crippen molar-refractivity contribution in [2.75, 3.05) is 26.4 Å². The summed E-state index contributed by atoms with van der Waals surface area (Å²) in [5.74, 6) is 0. The van der Waals surface area contributed by atoms with E-state index >= 15 is 0 Å². The second-order valence-electron chi connectivity index (χ2n) is 6.63. The average Bonchev–Trinajstić information content (AvgIpc) is 2.53. The molecule has 1 aliphatic heterocycles. The zero-order chi connectivity index (χ0) is 18.1. The Bertz CT molecular complexity index is 763. The highest BCUT2D eigenvalue weighted by Crippen LogP contribution is 2.24. The normalized spacial score (nSPS) is 18.4. The Kier molecular flexibility index (Phi) is 5.74. The van der Waals surface area contributed by atoms with E-state index in [0.29, 0.717) is 6.04 Å². The standard InChI is InChI=1S/C16H26N2O4S2/c1-13(2)18-11-9-14(10-12-18)17(3)24(21,22)16-7-5-15(6-8-16)23(4,19)20/h5-8,13-14H,9-12H2,1-4H3. The summed E-state index contributed by atoms with van der Waals surface area (Å²) in [4.78, 5) is 2.59. The van der Waals surface area contributed by atoms with Crippen LogP contribution in [0, 0.1) is 0 Å². The van der Waals surface area contributed by atoms with E-state index in [1.54, 1.807) is 7.05 Å². The van der Waals surface area contributed by atoms with Crippen molar-refractivity contribution in [3.05, 3.63) is 24.3 Å². The molecule has 0 saturated carbocycles. The van der Waals surface area contributed by atoms with Crippen LogP contribution in [0.15, 0.2) is 34.1 Å². The van der Waals surface area contributed by atoms with Crippen molar-refractivity contribution >= 4 is 19.9 Å². The molecular weight excluding hydrogens is 348 g/mol. The van der Waals surface area contributed by atoms with Gasteiger partial charge in [0.25, 0.3) is 0 Å². The highest BCUT2D eigenvalue weighted by molar-refractivity contribution is 7.90. The Morgan fingerprint density at radius 2 is 1.46 bits per heavy atom. The minimum atomic E-state index is -3.62. The molecule has 0 amide bonds. The first-order valence-electron chi connectivity index (χ1n) is 8.05. The molecule has 0 aliphatic carbocycles. The molecule has 1 aromatic carbocycles. The fourth-order valence-electron chi connectivity index (χ4n) is 2.99. The van der Waals surface area contributed by atoms with Crippen molar-refractivity contribution in [1.82, 2.24) is 9.21 Å². The molecule has 0 radical (unpaired) electrons. The molecule has 6 nitrogen and oxygen atoms in total. The third-order valence-electron chi connectivity index (χ3n) is 4.67. The number of hydrogen-bond acceptors (Lipinski definition) is 5. The molecule has 0 unspecified atom stereocenters. The van der Waals surface area contributed by atoms with E-state index in [0.717, 1.165) is 32.2 Å². The minimum absolute atomic E-state index is 0.0282. The number of rotatable bonds is 5. The molecule has 24 heavy (non-hydrogen) atoms. The molecule has 0 spiro atoms. The summed E-state index contributed by atoms with van der Waals surface area (Å²) < 4.78 is 50.0. The third kappa shape index (κ3) is 4.17. The smallest absolute Gasteiger partial charge is 0.243 e. The number of benzene rings is 1. The lowest BCUT2D eigenvalue weighted by molar-refractivity contribution is 0.140. The number of piperidine rings is 1. The van der Waals surface area contributed by atoms with Crippen molar-refractivity contribution in [3.8, 4) is 0 Å². The van der Waals surface area contributed by atoms with Crippen molar-refractivity contribution in [1.29, 1.82) is 0 Å². The van der Waals surface area contributed by atoms with Crippen molar-refractivity contribution in [2.45, 2.75) is 48.6 Å². The van der Waals surface area contributed by atoms with E-state index in [1.807, 2.05) is 0 Å². The van der Waals surface area contributed by atoms with Gasteiger partial charge in [0.15, 0.2) is 9.84 Å². The SMILES string of the molecule is CC(C)N1CCC(N(C)S(=O)(=O)c2ccc(S(C)(=O)=O)cc2)CC1. The van der Waals surface area contributed by atoms with Gasteiger partial charge in [-0.15, -0.1) is 0 Å². The van der Waals surface area contributed by atoms with Crippen molar-refractivity contribution in [3.63, 3.8) is 0 Å². The Morgan fingerprint density at radius 1 is 1.00 bits per heavy atom. The van der Waals surface area contributed by atoms with Gasteiger partial charge in [0.2, 0.25) is 10.0 Å². The molecule has 0 atom stereocenters. The third-order valence-corrected chi connectivity index (χ3v) is 7.73. The topological polar surface area (TPSA) is 74.8 Å². The maximum Gasteiger partial charge on any atom is 0.243 e. The molecule has 1 fully saturated rings. The second-order valence-corrected chi connectivity index (χ2v) is 10.6. The first kappa shape index (κ1) is 19.4. The number of sulfone groups is 1. The maximum absolute atomic E-state index is 12.8. The molecule has 136 valence electrons. The van der Waals surface area contributed by atoms with Gasteiger partial charge in [0.1, 0.15) is 0 Å². The summed E-state index contributed by atoms with van der Waals surface area (Å²) in [6.45, 7) is 6.05. The van der Waals surface area contributed by atoms with Gasteiger partial charge in [-0.25, -0.2) is 16.8 Å². The fourth-order valence-corrected chi connectivity index (χ4v) is 5.03. The Labute approximate surface area is 145 Å². The quantitative estimate of drug-likeness (QED) is 0.782. The second kappa shape index (κ2) is 7.11. The number of hydrogen-bond donors (Lipinski definition) is 0. The number of nitrogens with zero attached hydrogens (tertiary/aromatic N) is 2. The minimum Gasteiger partial charge on any atom is -0.301 e. The summed E-state index contributed by atoms with van der Waals surface area (Å²) in [6.07, 6.45) is 2.70. The van der Waals surface area contributed by atoms with Crippen LogP contribution in [-0.2, 0) is 19.9 Å². The zero-order valence-electron chi connectivity index (χ0n) is 14.6. The Hall–Kier alpha value is -0.960. The molecule has 2 rings (SSSR count). The first-order chi connectivity index (χ1) is 11.0. The zero-order valence-corrected chi connectivity index (χ0v) is 16.3. The van der Waals surface area contributed by atoms with Gasteiger partial charge in [0, 0.05) is 25.4 Å². The van der Waals surface area contributed by atoms with Gasteiger partial charge in [-0.2, -0.15) is 4.31 Å². The van der Waals surface area contributed by atoms with Gasteiger partial charge in [-0.1, -0.05) is 0 Å². The Morgan fingerprint density at radius 3 is 1.88 bits per heavy atom. The van der Waals surface area contributed by atoms with Crippen LogP contribution in [0.1, 0.15) is 26.7 Å². The molecule has 1 aliphatic rings. The molecule has 0 aromatic heterocycles. The highest BCUT2D eigenvalue weighted by atomic mass is 32.2. The summed E-state index contributed by atoms with van der Waals surface area (Å²) in [7, 11) is -5.35. The molecule has 8 heteroatoms. The lowest BCUT2D eigenvalue weighted by atomic mass is 10.0. The lowest BCUT2D eigenvalue weighted by Gasteiger charge is -2.37. The highest BCUT2D eigenvalue weighted by Gasteiger charge is 2.31. The lowest BCUT2D eigenvalue weighted by Crippen LogP contribution is -2.47. The van der Waals surface area contributed by atoms with Crippen molar-refractivity contribution in [2.24, 2.45) is 0 Å². The van der Waals surface area contributed by atoms with Crippen LogP contribution in [0.3, 0.4) is 0 Å². The van der Waals surface area contributed by atoms with Gasteiger partial charge in [-0.3, -0.25) is 0 Å². The van der Waals surface area contributed by atoms with E-state index in [1.165, 1.54) is 28.6 Å². The summed E-state index contributed by atoms with van der Waals surface area (Å²) in [5.41, 5.74) is 0. The van der Waals surface area contributed by atoms with Gasteiger partial charge in [0.05, 0.1) is 9.79 Å². The maximum atomic E-state index is 12.8. The van der Waals surface area contributed by atoms with Crippen LogP contribution < -0.4 is 0 Å². The molecule has 0 bridgehead atoms. The van der Waals surface area contributed by atoms with Gasteiger partial charge < -0.3 is 4.90 Å². The van der Waals surface area contributed by atoms with Crippen LogP contribution in [0.4, 0.5) is 0 Å². The monoisotopic (exact) mass is 374 g/mol. The average molecular weight is 375 g/mol. The summed E-state index contributed by atoms with van der Waals surface area (Å²) in [6, 6.07) is 5.86. The van der Waals surface area contributed by atoms with E-state index in [-0.39, 0.29) is 15.8 Å². The van der Waals surface area contributed by atoms with Crippen LogP contribution in [-0.4, -0.2) is 64.5 Å². The van der Waals surface area contributed by atoms with E-state index < -0.39 is 19.9 Å². The number of likely N-dealkylation sites (tertiary alicyclic amines) is 1. The van der Waals surface area contributed by atoms with Crippen LogP contribution in [0.5, 0.6) is 0 Å². The van der Waals surface area contributed by atoms with Crippen molar-refractivity contribution < 1.29 is 16.8 Å². The predicted octanol–water partition coefficient (Wildman–Crippen LogP) is 1.58. The summed E-state index contributed by atoms with van der Waals surface area (Å²) >= 11 is 0.